The van der Waals surface area contributed by atoms with Gasteiger partial charge in [-0.25, -0.2) is 8.78 Å². The normalized spacial score (nSPS) is 12.6. The van der Waals surface area contributed by atoms with Crippen molar-refractivity contribution >= 4 is 5.78 Å². The fourth-order valence-electron chi connectivity index (χ4n) is 0.900. The van der Waals surface area contributed by atoms with Gasteiger partial charge >= 0.3 is 0 Å². The number of carbonyl (C=O) groups is 1. The lowest BCUT2D eigenvalue weighted by Gasteiger charge is -2.04. The third kappa shape index (κ3) is 1.67. The second-order valence-corrected chi connectivity index (χ2v) is 2.49. The molecule has 1 aromatic rings. The molecule has 0 aliphatic heterocycles. The molecule has 0 fully saturated rings. The summed E-state index contributed by atoms with van der Waals surface area (Å²) < 4.78 is 25.7. The first kappa shape index (κ1) is 8.84. The van der Waals surface area contributed by atoms with E-state index in [-0.39, 0.29) is 5.56 Å². The molecule has 1 unspecified atom stereocenters. The quantitative estimate of drug-likeness (QED) is 0.666. The van der Waals surface area contributed by atoms with Gasteiger partial charge in [-0.05, 0) is 13.0 Å². The monoisotopic (exact) mass is 170 g/mol. The SMILES string of the molecule is CC(=O)C(F)c1ccccc1F. The largest absolute Gasteiger partial charge is 0.296 e. The molecular formula is C9H8F2O. The van der Waals surface area contributed by atoms with Crippen molar-refractivity contribution in [2.75, 3.05) is 0 Å². The molecule has 0 amide bonds. The Morgan fingerprint density at radius 2 is 2.00 bits per heavy atom. The summed E-state index contributed by atoms with van der Waals surface area (Å²) in [6.07, 6.45) is -1.84. The van der Waals surface area contributed by atoms with Crippen LogP contribution >= 0.6 is 0 Å². The van der Waals surface area contributed by atoms with E-state index in [4.69, 9.17) is 0 Å². The molecule has 0 aromatic heterocycles. The van der Waals surface area contributed by atoms with Gasteiger partial charge in [0.1, 0.15) is 5.82 Å². The minimum absolute atomic E-state index is 0.190. The lowest BCUT2D eigenvalue weighted by Crippen LogP contribution is -2.04. The van der Waals surface area contributed by atoms with Crippen LogP contribution in [-0.2, 0) is 4.79 Å². The van der Waals surface area contributed by atoms with Gasteiger partial charge in [0.15, 0.2) is 12.0 Å². The predicted molar refractivity (Wildman–Crippen MR) is 40.9 cm³/mol. The Morgan fingerprint density at radius 3 is 2.50 bits per heavy atom. The highest BCUT2D eigenvalue weighted by Crippen LogP contribution is 2.20. The van der Waals surface area contributed by atoms with Gasteiger partial charge in [0, 0.05) is 5.56 Å². The second-order valence-electron chi connectivity index (χ2n) is 2.49. The maximum Gasteiger partial charge on any atom is 0.186 e. The summed E-state index contributed by atoms with van der Waals surface area (Å²) in [7, 11) is 0. The summed E-state index contributed by atoms with van der Waals surface area (Å²) >= 11 is 0. The van der Waals surface area contributed by atoms with Crippen LogP contribution in [0.4, 0.5) is 8.78 Å². The highest BCUT2D eigenvalue weighted by Gasteiger charge is 2.17. The Kier molecular flexibility index (Phi) is 2.53. The summed E-state index contributed by atoms with van der Waals surface area (Å²) in [6.45, 7) is 1.09. The zero-order chi connectivity index (χ0) is 9.14. The summed E-state index contributed by atoms with van der Waals surface area (Å²) in [4.78, 5) is 10.6. The number of carbonyl (C=O) groups excluding carboxylic acids is 1. The molecule has 1 rings (SSSR count). The third-order valence-corrected chi connectivity index (χ3v) is 1.54. The molecule has 0 aliphatic rings. The number of ketones is 1. The fraction of sp³-hybridized carbons (Fsp3) is 0.222. The van der Waals surface area contributed by atoms with Gasteiger partial charge in [0.25, 0.3) is 0 Å². The van der Waals surface area contributed by atoms with E-state index >= 15 is 0 Å². The van der Waals surface area contributed by atoms with Crippen molar-refractivity contribution < 1.29 is 13.6 Å². The Hall–Kier alpha value is -1.25. The van der Waals surface area contributed by atoms with E-state index in [1.807, 2.05) is 0 Å². The molecule has 0 aliphatic carbocycles. The minimum atomic E-state index is -1.84. The maximum atomic E-state index is 12.9. The van der Waals surface area contributed by atoms with Gasteiger partial charge in [0.05, 0.1) is 0 Å². The average Bonchev–Trinajstić information content (AvgIpc) is 2.04. The second kappa shape index (κ2) is 3.43. The summed E-state index contributed by atoms with van der Waals surface area (Å²) in [5.74, 6) is -1.36. The van der Waals surface area contributed by atoms with Crippen molar-refractivity contribution in [2.45, 2.75) is 13.1 Å². The molecule has 1 atom stereocenters. The van der Waals surface area contributed by atoms with E-state index in [1.165, 1.54) is 18.2 Å². The van der Waals surface area contributed by atoms with Crippen molar-refractivity contribution in [3.05, 3.63) is 35.6 Å². The number of rotatable bonds is 2. The molecule has 64 valence electrons. The van der Waals surface area contributed by atoms with Crippen LogP contribution < -0.4 is 0 Å². The van der Waals surface area contributed by atoms with Crippen molar-refractivity contribution in [3.8, 4) is 0 Å². The van der Waals surface area contributed by atoms with Gasteiger partial charge < -0.3 is 0 Å². The van der Waals surface area contributed by atoms with Crippen LogP contribution in [-0.4, -0.2) is 5.78 Å². The molecule has 0 spiro atoms. The van der Waals surface area contributed by atoms with Gasteiger partial charge in [-0.15, -0.1) is 0 Å². The number of alkyl halides is 1. The summed E-state index contributed by atoms with van der Waals surface area (Å²) in [5.41, 5.74) is -0.190. The van der Waals surface area contributed by atoms with E-state index in [0.717, 1.165) is 13.0 Å². The first-order chi connectivity index (χ1) is 5.63. The molecule has 0 saturated heterocycles. The van der Waals surface area contributed by atoms with Crippen LogP contribution in [0.5, 0.6) is 0 Å². The summed E-state index contributed by atoms with van der Waals surface area (Å²) in [6, 6.07) is 5.34. The zero-order valence-corrected chi connectivity index (χ0v) is 6.55. The third-order valence-electron chi connectivity index (χ3n) is 1.54. The zero-order valence-electron chi connectivity index (χ0n) is 6.55. The van der Waals surface area contributed by atoms with Crippen molar-refractivity contribution in [3.63, 3.8) is 0 Å². The Balaban J connectivity index is 3.02. The average molecular weight is 170 g/mol. The first-order valence-electron chi connectivity index (χ1n) is 3.52. The molecule has 0 bridgehead atoms. The molecule has 0 N–H and O–H groups in total. The van der Waals surface area contributed by atoms with E-state index in [1.54, 1.807) is 0 Å². The van der Waals surface area contributed by atoms with E-state index in [2.05, 4.69) is 0 Å². The van der Waals surface area contributed by atoms with Crippen LogP contribution in [0.2, 0.25) is 0 Å². The molecule has 0 heterocycles. The lowest BCUT2D eigenvalue weighted by atomic mass is 10.1. The minimum Gasteiger partial charge on any atom is -0.296 e. The predicted octanol–water partition coefficient (Wildman–Crippen LogP) is 2.43. The Labute approximate surface area is 69.0 Å². The molecule has 1 nitrogen and oxygen atoms in total. The smallest absolute Gasteiger partial charge is 0.186 e. The highest BCUT2D eigenvalue weighted by atomic mass is 19.1. The Morgan fingerprint density at radius 1 is 1.42 bits per heavy atom. The Bertz CT molecular complexity index is 296. The van der Waals surface area contributed by atoms with Gasteiger partial charge in [-0.2, -0.15) is 0 Å². The van der Waals surface area contributed by atoms with Crippen molar-refractivity contribution in [1.82, 2.24) is 0 Å². The standard InChI is InChI=1S/C9H8F2O/c1-6(12)9(11)7-4-2-3-5-8(7)10/h2-5,9H,1H3. The van der Waals surface area contributed by atoms with Crippen LogP contribution in [0.25, 0.3) is 0 Å². The number of hydrogen-bond acceptors (Lipinski definition) is 1. The highest BCUT2D eigenvalue weighted by molar-refractivity contribution is 5.81. The van der Waals surface area contributed by atoms with Crippen molar-refractivity contribution in [1.29, 1.82) is 0 Å². The van der Waals surface area contributed by atoms with Gasteiger partial charge in [-0.3, -0.25) is 4.79 Å². The number of hydrogen-bond donors (Lipinski definition) is 0. The molecule has 0 saturated carbocycles. The van der Waals surface area contributed by atoms with Gasteiger partial charge in [-0.1, -0.05) is 18.2 Å². The van der Waals surface area contributed by atoms with E-state index < -0.39 is 17.8 Å². The van der Waals surface area contributed by atoms with Crippen LogP contribution in [0.3, 0.4) is 0 Å². The van der Waals surface area contributed by atoms with Crippen LogP contribution in [0.1, 0.15) is 18.7 Å². The number of halogens is 2. The molecular weight excluding hydrogens is 162 g/mol. The summed E-state index contributed by atoms with van der Waals surface area (Å²) in [5, 5.41) is 0. The van der Waals surface area contributed by atoms with Crippen molar-refractivity contribution in [2.24, 2.45) is 0 Å². The van der Waals surface area contributed by atoms with E-state index in [9.17, 15) is 13.6 Å². The number of benzene rings is 1. The van der Waals surface area contributed by atoms with Crippen LogP contribution in [0, 0.1) is 5.82 Å². The number of Topliss-reactive ketones (excluding diaryl/α,β-unsaturated/α-hetero) is 1. The van der Waals surface area contributed by atoms with E-state index in [0.29, 0.717) is 0 Å². The molecule has 0 radical (unpaired) electrons. The molecule has 3 heteroatoms. The first-order valence-corrected chi connectivity index (χ1v) is 3.52. The topological polar surface area (TPSA) is 17.1 Å². The van der Waals surface area contributed by atoms with Gasteiger partial charge in [0.2, 0.25) is 0 Å². The fourth-order valence-corrected chi connectivity index (χ4v) is 0.900. The maximum absolute atomic E-state index is 12.9. The van der Waals surface area contributed by atoms with Crippen LogP contribution in [0.15, 0.2) is 24.3 Å². The lowest BCUT2D eigenvalue weighted by molar-refractivity contribution is -0.121. The molecule has 1 aromatic carbocycles. The molecule has 12 heavy (non-hydrogen) atoms.